The van der Waals surface area contributed by atoms with Crippen LogP contribution >= 0.6 is 23.2 Å². The van der Waals surface area contributed by atoms with Crippen molar-refractivity contribution in [2.24, 2.45) is 10.7 Å². The zero-order valence-electron chi connectivity index (χ0n) is 17.5. The van der Waals surface area contributed by atoms with Gasteiger partial charge in [0.25, 0.3) is 0 Å². The highest BCUT2D eigenvalue weighted by atomic mass is 35.5. The van der Waals surface area contributed by atoms with E-state index in [1.54, 1.807) is 16.8 Å². The molecule has 0 radical (unpaired) electrons. The first kappa shape index (κ1) is 20.2. The molecule has 2 aromatic heterocycles. The number of benzene rings is 2. The van der Waals surface area contributed by atoms with E-state index in [-0.39, 0.29) is 5.96 Å². The van der Waals surface area contributed by atoms with E-state index < -0.39 is 6.17 Å². The Morgan fingerprint density at radius 2 is 1.91 bits per heavy atom. The van der Waals surface area contributed by atoms with Gasteiger partial charge in [0.1, 0.15) is 5.15 Å². The van der Waals surface area contributed by atoms with Crippen molar-refractivity contribution in [1.82, 2.24) is 19.3 Å². The number of nitrogens with one attached hydrogen (secondary N) is 1. The SMILES string of the molecule is Cc1nn(-c2cccc(Cl)c2)c(Cl)c1C1N=C(N)Nc2nc3cc4c(cc3n21)OCCCO4. The van der Waals surface area contributed by atoms with Gasteiger partial charge in [-0.3, -0.25) is 9.88 Å². The maximum absolute atomic E-state index is 6.87. The first-order valence-electron chi connectivity index (χ1n) is 10.4. The number of aromatic nitrogens is 4. The maximum Gasteiger partial charge on any atom is 0.212 e. The molecule has 0 bridgehead atoms. The standard InChI is InChI=1S/C22H19Cl2N7O2/c1-11-18(19(24)31(29-11)13-5-2-4-12(23)8-13)20-27-21(25)28-22-26-14-9-16-17(10-15(14)30(20)22)33-7-3-6-32-16/h2,4-5,8-10,20H,3,6-7H2,1H3,(H3,25,26,27,28). The molecule has 9 nitrogen and oxygen atoms in total. The van der Waals surface area contributed by atoms with Gasteiger partial charge >= 0.3 is 0 Å². The number of anilines is 1. The average molecular weight is 484 g/mol. The van der Waals surface area contributed by atoms with Crippen LogP contribution in [0.2, 0.25) is 10.2 Å². The molecule has 1 unspecified atom stereocenters. The molecule has 168 valence electrons. The van der Waals surface area contributed by atoms with E-state index in [0.29, 0.717) is 52.1 Å². The summed E-state index contributed by atoms with van der Waals surface area (Å²) in [6.07, 6.45) is 0.247. The van der Waals surface area contributed by atoms with Gasteiger partial charge in [-0.15, -0.1) is 0 Å². The van der Waals surface area contributed by atoms with Gasteiger partial charge in [-0.05, 0) is 25.1 Å². The third-order valence-corrected chi connectivity index (χ3v) is 6.26. The summed E-state index contributed by atoms with van der Waals surface area (Å²) in [6.45, 7) is 3.07. The lowest BCUT2D eigenvalue weighted by atomic mass is 10.2. The summed E-state index contributed by atoms with van der Waals surface area (Å²) in [5.41, 5.74) is 9.85. The highest BCUT2D eigenvalue weighted by Crippen LogP contribution is 2.41. The average Bonchev–Trinajstić information content (AvgIpc) is 3.17. The number of guanidine groups is 1. The molecule has 3 N–H and O–H groups in total. The number of aryl methyl sites for hydroxylation is 1. The van der Waals surface area contributed by atoms with Crippen molar-refractivity contribution in [2.45, 2.75) is 19.5 Å². The van der Waals surface area contributed by atoms with E-state index >= 15 is 0 Å². The third kappa shape index (κ3) is 3.27. The van der Waals surface area contributed by atoms with E-state index in [0.717, 1.165) is 23.1 Å². The van der Waals surface area contributed by atoms with E-state index in [9.17, 15) is 0 Å². The fourth-order valence-electron chi connectivity index (χ4n) is 4.20. The second-order valence-electron chi connectivity index (χ2n) is 7.84. The number of ether oxygens (including phenoxy) is 2. The molecule has 4 aromatic rings. The fourth-order valence-corrected chi connectivity index (χ4v) is 4.76. The van der Waals surface area contributed by atoms with E-state index in [4.69, 9.17) is 43.4 Å². The van der Waals surface area contributed by atoms with Gasteiger partial charge in [-0.1, -0.05) is 29.3 Å². The van der Waals surface area contributed by atoms with Crippen LogP contribution in [0, 0.1) is 6.92 Å². The number of nitrogens with zero attached hydrogens (tertiary/aromatic N) is 5. The monoisotopic (exact) mass is 483 g/mol. The van der Waals surface area contributed by atoms with Gasteiger partial charge in [-0.2, -0.15) is 5.10 Å². The Morgan fingerprint density at radius 1 is 1.12 bits per heavy atom. The summed E-state index contributed by atoms with van der Waals surface area (Å²) < 4.78 is 15.3. The van der Waals surface area contributed by atoms with Crippen LogP contribution in [0.3, 0.4) is 0 Å². The van der Waals surface area contributed by atoms with Crippen LogP contribution in [0.15, 0.2) is 41.4 Å². The van der Waals surface area contributed by atoms with Gasteiger partial charge in [0, 0.05) is 23.6 Å². The maximum atomic E-state index is 6.87. The molecule has 4 heterocycles. The minimum Gasteiger partial charge on any atom is -0.489 e. The summed E-state index contributed by atoms with van der Waals surface area (Å²) in [4.78, 5) is 9.39. The number of fused-ring (bicyclic) bond motifs is 4. The van der Waals surface area contributed by atoms with Crippen LogP contribution in [-0.2, 0) is 0 Å². The molecule has 0 amide bonds. The molecule has 2 aliphatic rings. The normalized spacial score (nSPS) is 17.3. The zero-order valence-corrected chi connectivity index (χ0v) is 19.1. The second kappa shape index (κ2) is 7.57. The van der Waals surface area contributed by atoms with Crippen LogP contribution in [0.5, 0.6) is 11.5 Å². The molecule has 33 heavy (non-hydrogen) atoms. The second-order valence-corrected chi connectivity index (χ2v) is 8.63. The predicted octanol–water partition coefficient (Wildman–Crippen LogP) is 4.29. The Bertz CT molecular complexity index is 1440. The third-order valence-electron chi connectivity index (χ3n) is 5.66. The Balaban J connectivity index is 1.54. The topological polar surface area (TPSA) is 105 Å². The van der Waals surface area contributed by atoms with Gasteiger partial charge in [0.2, 0.25) is 5.95 Å². The molecule has 2 aliphatic heterocycles. The lowest BCUT2D eigenvalue weighted by Gasteiger charge is -2.23. The van der Waals surface area contributed by atoms with E-state index in [1.165, 1.54) is 0 Å². The first-order chi connectivity index (χ1) is 16.0. The highest BCUT2D eigenvalue weighted by molar-refractivity contribution is 6.31. The number of aliphatic imine (C=N–C) groups is 1. The largest absolute Gasteiger partial charge is 0.489 e. The molecular formula is C22H19Cl2N7O2. The van der Waals surface area contributed by atoms with Crippen LogP contribution in [0.4, 0.5) is 5.95 Å². The van der Waals surface area contributed by atoms with Crippen molar-refractivity contribution >= 4 is 46.1 Å². The molecular weight excluding hydrogens is 465 g/mol. The van der Waals surface area contributed by atoms with E-state index in [2.05, 4.69) is 15.4 Å². The van der Waals surface area contributed by atoms with Crippen LogP contribution in [0.1, 0.15) is 23.8 Å². The predicted molar refractivity (Wildman–Crippen MR) is 127 cm³/mol. The number of halogens is 2. The molecule has 0 spiro atoms. The van der Waals surface area contributed by atoms with Gasteiger partial charge < -0.3 is 15.2 Å². The molecule has 0 fully saturated rings. The van der Waals surface area contributed by atoms with Gasteiger partial charge in [0.15, 0.2) is 23.6 Å². The minimum absolute atomic E-state index is 0.239. The lowest BCUT2D eigenvalue weighted by Crippen LogP contribution is -2.31. The summed E-state index contributed by atoms with van der Waals surface area (Å²) in [5, 5.41) is 8.71. The van der Waals surface area contributed by atoms with E-state index in [1.807, 2.05) is 35.8 Å². The lowest BCUT2D eigenvalue weighted by molar-refractivity contribution is 0.297. The molecule has 6 rings (SSSR count). The van der Waals surface area contributed by atoms with Crippen molar-refractivity contribution in [2.75, 3.05) is 18.5 Å². The highest BCUT2D eigenvalue weighted by Gasteiger charge is 2.31. The van der Waals surface area contributed by atoms with Crippen LogP contribution in [0.25, 0.3) is 16.7 Å². The van der Waals surface area contributed by atoms with Crippen LogP contribution < -0.4 is 20.5 Å². The Morgan fingerprint density at radius 3 is 2.70 bits per heavy atom. The Labute approximate surface area is 198 Å². The number of hydrogen-bond donors (Lipinski definition) is 2. The van der Waals surface area contributed by atoms with Gasteiger partial charge in [-0.25, -0.2) is 14.7 Å². The molecule has 0 saturated heterocycles. The Hall–Kier alpha value is -3.43. The smallest absolute Gasteiger partial charge is 0.212 e. The van der Waals surface area contributed by atoms with Crippen molar-refractivity contribution in [3.63, 3.8) is 0 Å². The quantitative estimate of drug-likeness (QED) is 0.440. The molecule has 1 atom stereocenters. The van der Waals surface area contributed by atoms with Crippen molar-refractivity contribution in [3.05, 3.63) is 57.8 Å². The molecule has 2 aromatic carbocycles. The fraction of sp³-hybridized carbons (Fsp3) is 0.227. The number of hydrogen-bond acceptors (Lipinski definition) is 7. The summed E-state index contributed by atoms with van der Waals surface area (Å²) in [7, 11) is 0. The summed E-state index contributed by atoms with van der Waals surface area (Å²) in [5.74, 6) is 2.13. The van der Waals surface area contributed by atoms with Gasteiger partial charge in [0.05, 0.1) is 41.2 Å². The van der Waals surface area contributed by atoms with Crippen molar-refractivity contribution in [3.8, 4) is 17.2 Å². The first-order valence-corrected chi connectivity index (χ1v) is 11.2. The molecule has 0 saturated carbocycles. The molecule has 11 heteroatoms. The summed E-state index contributed by atoms with van der Waals surface area (Å²) >= 11 is 13.1. The number of nitrogens with two attached hydrogens (primary N) is 1. The number of imidazole rings is 1. The zero-order chi connectivity index (χ0) is 22.7. The van der Waals surface area contributed by atoms with Crippen LogP contribution in [-0.4, -0.2) is 38.5 Å². The minimum atomic E-state index is -0.573. The molecule has 0 aliphatic carbocycles. The summed E-state index contributed by atoms with van der Waals surface area (Å²) in [6, 6.07) is 11.1. The number of rotatable bonds is 2. The van der Waals surface area contributed by atoms with Crippen molar-refractivity contribution in [1.29, 1.82) is 0 Å². The Kier molecular flexibility index (Phi) is 4.63. The van der Waals surface area contributed by atoms with Crippen molar-refractivity contribution < 1.29 is 9.47 Å².